The smallest absolute Gasteiger partial charge is 0.186 e. The van der Waals surface area contributed by atoms with E-state index in [0.717, 1.165) is 38.5 Å². The summed E-state index contributed by atoms with van der Waals surface area (Å²) < 4.78 is 11.8. The molecule has 0 spiro atoms. The average Bonchev–Trinajstić information content (AvgIpc) is 2.93. The van der Waals surface area contributed by atoms with E-state index in [1.807, 2.05) is 13.8 Å². The Morgan fingerprint density at radius 1 is 0.814 bits per heavy atom. The number of hydrogen-bond acceptors (Lipinski definition) is 8. The van der Waals surface area contributed by atoms with E-state index in [9.17, 15) is 30.6 Å². The first-order valence-corrected chi connectivity index (χ1v) is 16.9. The van der Waals surface area contributed by atoms with Crippen LogP contribution in [0.1, 0.15) is 99.8 Å². The predicted octanol–water partition coefficient (Wildman–Crippen LogP) is 3.55. The molecule has 0 unspecified atom stereocenters. The van der Waals surface area contributed by atoms with Crippen molar-refractivity contribution in [3.05, 3.63) is 11.6 Å². The van der Waals surface area contributed by atoms with Gasteiger partial charge in [0.1, 0.15) is 18.3 Å². The minimum atomic E-state index is -1.41. The minimum Gasteiger partial charge on any atom is -0.393 e. The van der Waals surface area contributed by atoms with Crippen molar-refractivity contribution in [2.45, 2.75) is 143 Å². The molecular weight excluding hydrogens is 548 g/mol. The lowest BCUT2D eigenvalue weighted by molar-refractivity contribution is -0.294. The molecule has 6 rings (SSSR count). The van der Waals surface area contributed by atoms with Gasteiger partial charge in [-0.1, -0.05) is 60.1 Å². The van der Waals surface area contributed by atoms with Crippen LogP contribution >= 0.6 is 0 Å². The van der Waals surface area contributed by atoms with Crippen molar-refractivity contribution in [3.63, 3.8) is 0 Å². The van der Waals surface area contributed by atoms with Crippen LogP contribution in [0.3, 0.4) is 0 Å². The summed E-state index contributed by atoms with van der Waals surface area (Å²) >= 11 is 0. The number of aliphatic hydroxyl groups excluding tert-OH is 6. The molecule has 0 amide bonds. The highest BCUT2D eigenvalue weighted by atomic mass is 16.7. The van der Waals surface area contributed by atoms with Gasteiger partial charge in [0.2, 0.25) is 0 Å². The molecule has 0 aromatic carbocycles. The molecule has 0 aromatic heterocycles. The maximum absolute atomic E-state index is 11.9. The molecular formula is C35H58O8. The predicted molar refractivity (Wildman–Crippen MR) is 162 cm³/mol. The van der Waals surface area contributed by atoms with Crippen LogP contribution in [0.15, 0.2) is 11.6 Å². The molecule has 6 N–H and O–H groups in total. The molecule has 246 valence electrons. The molecule has 0 radical (unpaired) electrons. The van der Waals surface area contributed by atoms with Crippen LogP contribution in [-0.2, 0) is 9.47 Å². The van der Waals surface area contributed by atoms with E-state index in [0.29, 0.717) is 24.7 Å². The van der Waals surface area contributed by atoms with Crippen molar-refractivity contribution in [2.24, 2.45) is 50.2 Å². The van der Waals surface area contributed by atoms with Crippen LogP contribution in [-0.4, -0.2) is 86.8 Å². The number of hydrogen-bond donors (Lipinski definition) is 6. The fourth-order valence-electron chi connectivity index (χ4n) is 11.9. The summed E-state index contributed by atoms with van der Waals surface area (Å²) in [6.45, 7) is 16.0. The first-order valence-electron chi connectivity index (χ1n) is 16.9. The molecule has 5 fully saturated rings. The Bertz CT molecular complexity index is 1120. The Labute approximate surface area is 257 Å². The Balaban J connectivity index is 1.37. The van der Waals surface area contributed by atoms with E-state index < -0.39 is 47.6 Å². The van der Waals surface area contributed by atoms with E-state index in [4.69, 9.17) is 9.47 Å². The zero-order valence-electron chi connectivity index (χ0n) is 27.4. The van der Waals surface area contributed by atoms with Crippen molar-refractivity contribution >= 4 is 0 Å². The molecule has 8 heteroatoms. The summed E-state index contributed by atoms with van der Waals surface area (Å²) in [4.78, 5) is 0. The van der Waals surface area contributed by atoms with E-state index >= 15 is 0 Å². The molecule has 1 heterocycles. The largest absolute Gasteiger partial charge is 0.393 e. The van der Waals surface area contributed by atoms with Gasteiger partial charge in [0.05, 0.1) is 31.5 Å². The maximum atomic E-state index is 11.9. The van der Waals surface area contributed by atoms with Crippen LogP contribution < -0.4 is 0 Å². The number of fused-ring (bicyclic) bond motifs is 7. The first kappa shape index (κ1) is 32.4. The molecule has 1 saturated heterocycles. The third-order valence-corrected chi connectivity index (χ3v) is 15.0. The summed E-state index contributed by atoms with van der Waals surface area (Å²) in [5.74, 6) is 0.940. The molecule has 43 heavy (non-hydrogen) atoms. The second-order valence-corrected chi connectivity index (χ2v) is 17.6. The van der Waals surface area contributed by atoms with Gasteiger partial charge >= 0.3 is 0 Å². The summed E-state index contributed by atoms with van der Waals surface area (Å²) in [5, 5.41) is 65.1. The lowest BCUT2D eigenvalue weighted by Crippen LogP contribution is -2.68. The summed E-state index contributed by atoms with van der Waals surface area (Å²) in [6, 6.07) is 0. The van der Waals surface area contributed by atoms with E-state index in [1.54, 1.807) is 0 Å². The zero-order chi connectivity index (χ0) is 31.5. The molecule has 14 atom stereocenters. The quantitative estimate of drug-likeness (QED) is 0.268. The fourth-order valence-corrected chi connectivity index (χ4v) is 11.9. The second kappa shape index (κ2) is 10.2. The number of ether oxygens (including phenoxy) is 2. The topological polar surface area (TPSA) is 140 Å². The third-order valence-electron chi connectivity index (χ3n) is 15.0. The van der Waals surface area contributed by atoms with Gasteiger partial charge in [0.15, 0.2) is 6.29 Å². The molecule has 0 bridgehead atoms. The molecule has 0 aromatic rings. The molecule has 1 aliphatic heterocycles. The van der Waals surface area contributed by atoms with Crippen LogP contribution in [0, 0.1) is 50.2 Å². The third kappa shape index (κ3) is 4.29. The van der Waals surface area contributed by atoms with Gasteiger partial charge in [0.25, 0.3) is 0 Å². The van der Waals surface area contributed by atoms with Crippen LogP contribution in [0.5, 0.6) is 0 Å². The van der Waals surface area contributed by atoms with Gasteiger partial charge in [-0.3, -0.25) is 0 Å². The van der Waals surface area contributed by atoms with Crippen molar-refractivity contribution in [2.75, 3.05) is 13.2 Å². The van der Waals surface area contributed by atoms with Crippen LogP contribution in [0.2, 0.25) is 0 Å². The van der Waals surface area contributed by atoms with Crippen molar-refractivity contribution in [3.8, 4) is 0 Å². The van der Waals surface area contributed by atoms with Gasteiger partial charge in [-0.15, -0.1) is 0 Å². The maximum Gasteiger partial charge on any atom is 0.186 e. The monoisotopic (exact) mass is 606 g/mol. The Morgan fingerprint density at radius 3 is 2.21 bits per heavy atom. The number of aliphatic hydroxyl groups is 6. The number of allylic oxidation sites excluding steroid dienone is 2. The average molecular weight is 607 g/mol. The molecule has 8 nitrogen and oxygen atoms in total. The molecule has 6 aliphatic rings. The normalized spacial score (nSPS) is 55.7. The van der Waals surface area contributed by atoms with Crippen molar-refractivity contribution in [1.29, 1.82) is 0 Å². The van der Waals surface area contributed by atoms with E-state index in [-0.39, 0.29) is 46.9 Å². The summed E-state index contributed by atoms with van der Waals surface area (Å²) in [6.07, 6.45) is 2.51. The van der Waals surface area contributed by atoms with Gasteiger partial charge in [-0.05, 0) is 96.2 Å². The van der Waals surface area contributed by atoms with Crippen molar-refractivity contribution in [1.82, 2.24) is 0 Å². The van der Waals surface area contributed by atoms with Gasteiger partial charge in [-0.2, -0.15) is 0 Å². The highest BCUT2D eigenvalue weighted by Crippen LogP contribution is 2.75. The number of rotatable bonds is 3. The summed E-state index contributed by atoms with van der Waals surface area (Å²) in [5.41, 5.74) is 0.114. The standard InChI is InChI=1S/C35H58O8/c1-30(2)16-20-19-8-9-23-32(5)12-11-24(37)31(3,4)22(32)10-13-34(23,7)33(19,6)14-15-35(20,28(41)27(30)40)18-43-29-26(39)25(38)21(36)17-42-29/h8,20-29,36-41H,9-18H2,1-7H3/t20-,21+,22-,23+,24+,25-,26+,27+,28-,29-,32-,33+,34+,35-/m0/s1. The van der Waals surface area contributed by atoms with Crippen LogP contribution in [0.25, 0.3) is 0 Å². The highest BCUT2D eigenvalue weighted by molar-refractivity contribution is 5.35. The Hall–Kier alpha value is -0.580. The van der Waals surface area contributed by atoms with Gasteiger partial charge < -0.3 is 40.1 Å². The van der Waals surface area contributed by atoms with Crippen molar-refractivity contribution < 1.29 is 40.1 Å². The Kier molecular flexibility index (Phi) is 7.68. The van der Waals surface area contributed by atoms with E-state index in [1.165, 1.54) is 5.57 Å². The molecule has 4 saturated carbocycles. The lowest BCUT2D eigenvalue weighted by Gasteiger charge is -2.72. The zero-order valence-corrected chi connectivity index (χ0v) is 27.4. The van der Waals surface area contributed by atoms with Gasteiger partial charge in [0, 0.05) is 5.41 Å². The first-order chi connectivity index (χ1) is 19.9. The van der Waals surface area contributed by atoms with E-state index in [2.05, 4.69) is 40.7 Å². The summed E-state index contributed by atoms with van der Waals surface area (Å²) in [7, 11) is 0. The van der Waals surface area contributed by atoms with Crippen LogP contribution in [0.4, 0.5) is 0 Å². The SMILES string of the molecule is CC1(C)C[C@H]2C3=CC[C@@H]4[C@@]5(C)CC[C@@H](O)C(C)(C)[C@@H]5CC[C@@]4(C)[C@]3(C)CC[C@@]2(CO[C@@H]2OC[C@@H](O)[C@H](O)[C@H]2O)[C@@H](O)[C@H]1O. The lowest BCUT2D eigenvalue weighted by atomic mass is 9.33. The molecule has 5 aliphatic carbocycles. The fraction of sp³-hybridized carbons (Fsp3) is 0.943. The second-order valence-electron chi connectivity index (χ2n) is 17.6. The minimum absolute atomic E-state index is 0.0242. The van der Waals surface area contributed by atoms with Gasteiger partial charge in [-0.25, -0.2) is 0 Å². The Morgan fingerprint density at radius 2 is 1.51 bits per heavy atom. The highest BCUT2D eigenvalue weighted by Gasteiger charge is 2.70.